The van der Waals surface area contributed by atoms with Gasteiger partial charge in [0.15, 0.2) is 0 Å². The molecule has 0 aliphatic heterocycles. The Morgan fingerprint density at radius 2 is 1.64 bits per heavy atom. The van der Waals surface area contributed by atoms with Crippen molar-refractivity contribution in [2.45, 2.75) is 31.8 Å². The summed E-state index contributed by atoms with van der Waals surface area (Å²) >= 11 is 2.10. The second-order valence-corrected chi connectivity index (χ2v) is 7.44. The first-order valence-electron chi connectivity index (χ1n) is 8.54. The number of aliphatic carboxylic acids is 1. The van der Waals surface area contributed by atoms with Crippen LogP contribution in [-0.2, 0) is 27.2 Å². The Kier molecular flexibility index (Phi) is 7.91. The van der Waals surface area contributed by atoms with E-state index in [1.54, 1.807) is 12.1 Å². The maximum absolute atomic E-state index is 13.1. The number of benzene rings is 2. The molecule has 2 atom stereocenters. The molecule has 0 unspecified atom stereocenters. The maximum Gasteiger partial charge on any atom is 0.326 e. The van der Waals surface area contributed by atoms with Gasteiger partial charge in [-0.2, -0.15) is 0 Å². The van der Waals surface area contributed by atoms with Gasteiger partial charge in [-0.25, -0.2) is 9.18 Å². The van der Waals surface area contributed by atoms with E-state index in [2.05, 4.69) is 33.2 Å². The van der Waals surface area contributed by atoms with E-state index in [1.807, 2.05) is 12.1 Å². The molecule has 6 nitrogen and oxygen atoms in total. The number of carboxylic acid groups (broad SMARTS) is 1. The average molecular weight is 498 g/mol. The normalized spacial score (nSPS) is 12.7. The smallest absolute Gasteiger partial charge is 0.326 e. The van der Waals surface area contributed by atoms with Gasteiger partial charge in [0.1, 0.15) is 17.9 Å². The lowest BCUT2D eigenvalue weighted by Gasteiger charge is -2.21. The zero-order valence-electron chi connectivity index (χ0n) is 15.1. The van der Waals surface area contributed by atoms with Gasteiger partial charge in [-0.15, -0.1) is 0 Å². The van der Waals surface area contributed by atoms with Crippen LogP contribution in [-0.4, -0.2) is 35.0 Å². The first-order valence-corrected chi connectivity index (χ1v) is 9.62. The van der Waals surface area contributed by atoms with Gasteiger partial charge in [0, 0.05) is 23.3 Å². The lowest BCUT2D eigenvalue weighted by Crippen LogP contribution is -2.52. The number of nitrogens with one attached hydrogen (secondary N) is 2. The van der Waals surface area contributed by atoms with Gasteiger partial charge >= 0.3 is 5.97 Å². The predicted molar refractivity (Wildman–Crippen MR) is 110 cm³/mol. The van der Waals surface area contributed by atoms with Gasteiger partial charge in [-0.1, -0.05) is 30.3 Å². The fourth-order valence-corrected chi connectivity index (χ4v) is 3.27. The molecule has 0 saturated carbocycles. The Morgan fingerprint density at radius 3 is 2.21 bits per heavy atom. The standard InChI is InChI=1S/C20H20FIN2O4/c1-12(25)23-17(10-13-6-8-15(21)9-7-13)19(26)24-18(20(27)28)11-14-4-2-3-5-16(14)22/h2-9,17-18H,10-11H2,1H3,(H,23,25)(H,24,26)(H,27,28)/t17-,18+/m0/s1. The van der Waals surface area contributed by atoms with Crippen molar-refractivity contribution in [3.05, 3.63) is 69.0 Å². The summed E-state index contributed by atoms with van der Waals surface area (Å²) in [4.78, 5) is 35.8. The largest absolute Gasteiger partial charge is 0.480 e. The van der Waals surface area contributed by atoms with Gasteiger partial charge in [-0.3, -0.25) is 9.59 Å². The van der Waals surface area contributed by atoms with Gasteiger partial charge < -0.3 is 15.7 Å². The van der Waals surface area contributed by atoms with Crippen molar-refractivity contribution >= 4 is 40.4 Å². The summed E-state index contributed by atoms with van der Waals surface area (Å²) < 4.78 is 14.0. The maximum atomic E-state index is 13.1. The highest BCUT2D eigenvalue weighted by molar-refractivity contribution is 14.1. The molecule has 148 valence electrons. The van der Waals surface area contributed by atoms with Crippen LogP contribution in [0.5, 0.6) is 0 Å². The van der Waals surface area contributed by atoms with Gasteiger partial charge in [-0.05, 0) is 51.9 Å². The van der Waals surface area contributed by atoms with Crippen LogP contribution < -0.4 is 10.6 Å². The van der Waals surface area contributed by atoms with Crippen LogP contribution in [0.25, 0.3) is 0 Å². The SMILES string of the molecule is CC(=O)N[C@@H](Cc1ccc(F)cc1)C(=O)N[C@H](Cc1ccccc1I)C(=O)O. The van der Waals surface area contributed by atoms with Crippen LogP contribution in [0.2, 0.25) is 0 Å². The monoisotopic (exact) mass is 498 g/mol. The van der Waals surface area contributed by atoms with Gasteiger partial charge in [0.2, 0.25) is 11.8 Å². The van der Waals surface area contributed by atoms with E-state index in [1.165, 1.54) is 31.2 Å². The molecule has 2 rings (SSSR count). The molecular weight excluding hydrogens is 478 g/mol. The number of carbonyl (C=O) groups is 3. The third kappa shape index (κ3) is 6.59. The van der Waals surface area contributed by atoms with Crippen molar-refractivity contribution in [2.75, 3.05) is 0 Å². The van der Waals surface area contributed by atoms with Crippen LogP contribution in [0, 0.1) is 9.39 Å². The number of amides is 2. The Hall–Kier alpha value is -2.49. The molecule has 8 heteroatoms. The molecule has 28 heavy (non-hydrogen) atoms. The van der Waals surface area contributed by atoms with Crippen LogP contribution in [0.4, 0.5) is 4.39 Å². The van der Waals surface area contributed by atoms with Crippen molar-refractivity contribution in [2.24, 2.45) is 0 Å². The number of rotatable bonds is 8. The summed E-state index contributed by atoms with van der Waals surface area (Å²) in [5.74, 6) is -2.62. The number of halogens is 2. The fourth-order valence-electron chi connectivity index (χ4n) is 2.67. The molecule has 0 bridgehead atoms. The number of carbonyl (C=O) groups excluding carboxylic acids is 2. The summed E-state index contributed by atoms with van der Waals surface area (Å²) in [5.41, 5.74) is 1.44. The molecule has 0 heterocycles. The van der Waals surface area contributed by atoms with Crippen molar-refractivity contribution in [1.82, 2.24) is 10.6 Å². The van der Waals surface area contributed by atoms with Crippen molar-refractivity contribution in [3.63, 3.8) is 0 Å². The Morgan fingerprint density at radius 1 is 1.00 bits per heavy atom. The molecule has 0 aliphatic rings. The minimum atomic E-state index is -1.17. The predicted octanol–water partition coefficient (Wildman–Crippen LogP) is 2.29. The minimum absolute atomic E-state index is 0.112. The van der Waals surface area contributed by atoms with E-state index >= 15 is 0 Å². The Balaban J connectivity index is 2.14. The zero-order valence-corrected chi connectivity index (χ0v) is 17.3. The van der Waals surface area contributed by atoms with E-state index in [9.17, 15) is 23.9 Å². The third-order valence-electron chi connectivity index (χ3n) is 4.04. The second-order valence-electron chi connectivity index (χ2n) is 6.28. The van der Waals surface area contributed by atoms with Crippen LogP contribution in [0.1, 0.15) is 18.1 Å². The second kappa shape index (κ2) is 10.2. The molecule has 0 aromatic heterocycles. The molecular formula is C20H20FIN2O4. The highest BCUT2D eigenvalue weighted by Gasteiger charge is 2.26. The highest BCUT2D eigenvalue weighted by Crippen LogP contribution is 2.14. The van der Waals surface area contributed by atoms with E-state index < -0.39 is 35.7 Å². The molecule has 0 aliphatic carbocycles. The first-order chi connectivity index (χ1) is 13.3. The number of carboxylic acids is 1. The quantitative estimate of drug-likeness (QED) is 0.487. The van der Waals surface area contributed by atoms with E-state index in [0.29, 0.717) is 5.56 Å². The summed E-state index contributed by atoms with van der Waals surface area (Å²) in [5, 5.41) is 14.5. The minimum Gasteiger partial charge on any atom is -0.480 e. The Labute approximate surface area is 175 Å². The van der Waals surface area contributed by atoms with Crippen molar-refractivity contribution in [3.8, 4) is 0 Å². The average Bonchev–Trinajstić information content (AvgIpc) is 2.63. The summed E-state index contributed by atoms with van der Waals surface area (Å²) in [6.45, 7) is 1.27. The molecule has 3 N–H and O–H groups in total. The van der Waals surface area contributed by atoms with Crippen LogP contribution in [0.3, 0.4) is 0 Å². The Bertz CT molecular complexity index is 858. The molecule has 0 spiro atoms. The molecule has 0 saturated heterocycles. The lowest BCUT2D eigenvalue weighted by molar-refractivity contribution is -0.142. The zero-order chi connectivity index (χ0) is 20.7. The molecule has 0 fully saturated rings. The van der Waals surface area contributed by atoms with Crippen molar-refractivity contribution < 1.29 is 23.9 Å². The van der Waals surface area contributed by atoms with E-state index in [-0.39, 0.29) is 12.8 Å². The fraction of sp³-hybridized carbons (Fsp3) is 0.250. The van der Waals surface area contributed by atoms with E-state index in [0.717, 1.165) is 9.13 Å². The summed E-state index contributed by atoms with van der Waals surface area (Å²) in [6.07, 6.45) is 0.227. The number of hydrogen-bond donors (Lipinski definition) is 3. The summed E-state index contributed by atoms with van der Waals surface area (Å²) in [7, 11) is 0. The first kappa shape index (κ1) is 21.8. The van der Waals surface area contributed by atoms with E-state index in [4.69, 9.17) is 0 Å². The molecule has 2 aromatic carbocycles. The molecule has 2 aromatic rings. The molecule has 2 amide bonds. The van der Waals surface area contributed by atoms with Crippen LogP contribution >= 0.6 is 22.6 Å². The van der Waals surface area contributed by atoms with Crippen molar-refractivity contribution in [1.29, 1.82) is 0 Å². The lowest BCUT2D eigenvalue weighted by atomic mass is 10.0. The molecule has 0 radical (unpaired) electrons. The summed E-state index contributed by atoms with van der Waals surface area (Å²) in [6, 6.07) is 10.7. The highest BCUT2D eigenvalue weighted by atomic mass is 127. The van der Waals surface area contributed by atoms with Gasteiger partial charge in [0.05, 0.1) is 0 Å². The third-order valence-corrected chi connectivity index (χ3v) is 5.10. The van der Waals surface area contributed by atoms with Crippen LogP contribution in [0.15, 0.2) is 48.5 Å². The van der Waals surface area contributed by atoms with Gasteiger partial charge in [0.25, 0.3) is 0 Å². The number of hydrogen-bond acceptors (Lipinski definition) is 3. The topological polar surface area (TPSA) is 95.5 Å².